The number of carbonyl (C=O) groups is 1. The third kappa shape index (κ3) is 3.31. The molecule has 0 bridgehead atoms. The van der Waals surface area contributed by atoms with Gasteiger partial charge in [0.05, 0.1) is 17.0 Å². The summed E-state index contributed by atoms with van der Waals surface area (Å²) >= 11 is 0. The molecule has 0 spiro atoms. The van der Waals surface area contributed by atoms with Crippen LogP contribution in [0.1, 0.15) is 72.2 Å². The van der Waals surface area contributed by atoms with Crippen LogP contribution in [0.4, 0.5) is 0 Å². The topological polar surface area (TPSA) is 34.9 Å². The molecule has 1 heterocycles. The van der Waals surface area contributed by atoms with Gasteiger partial charge in [-0.15, -0.1) is 0 Å². The third-order valence-electron chi connectivity index (χ3n) is 5.85. The van der Waals surface area contributed by atoms with Gasteiger partial charge in [0.1, 0.15) is 12.1 Å². The van der Waals surface area contributed by atoms with Crippen molar-refractivity contribution in [2.75, 3.05) is 0 Å². The lowest BCUT2D eigenvalue weighted by atomic mass is 9.89. The SMILES string of the molecule is CCC(CC)c1cccc2nc(C(C=O)c3c(C)cc(C)cc3C)n(C)c12. The first-order valence-electron chi connectivity index (χ1n) is 9.91. The summed E-state index contributed by atoms with van der Waals surface area (Å²) in [4.78, 5) is 17.1. The molecule has 0 saturated heterocycles. The van der Waals surface area contributed by atoms with E-state index in [1.165, 1.54) is 11.1 Å². The summed E-state index contributed by atoms with van der Waals surface area (Å²) in [7, 11) is 2.05. The molecule has 0 fully saturated rings. The van der Waals surface area contributed by atoms with Crippen LogP contribution in [-0.2, 0) is 11.8 Å². The van der Waals surface area contributed by atoms with Crippen molar-refractivity contribution in [3.63, 3.8) is 0 Å². The highest BCUT2D eigenvalue weighted by Gasteiger charge is 2.25. The van der Waals surface area contributed by atoms with Gasteiger partial charge in [-0.1, -0.05) is 43.7 Å². The van der Waals surface area contributed by atoms with E-state index < -0.39 is 0 Å². The molecule has 1 atom stereocenters. The Labute approximate surface area is 162 Å². The first-order chi connectivity index (χ1) is 12.9. The Kier molecular flexibility index (Phi) is 5.50. The molecule has 0 aliphatic heterocycles. The average Bonchev–Trinajstić information content (AvgIpc) is 2.96. The van der Waals surface area contributed by atoms with E-state index in [4.69, 9.17) is 4.98 Å². The summed E-state index contributed by atoms with van der Waals surface area (Å²) in [6.07, 6.45) is 3.25. The van der Waals surface area contributed by atoms with Crippen molar-refractivity contribution in [3.8, 4) is 0 Å². The van der Waals surface area contributed by atoms with Crippen molar-refractivity contribution in [1.29, 1.82) is 0 Å². The number of fused-ring (bicyclic) bond motifs is 1. The van der Waals surface area contributed by atoms with Crippen LogP contribution >= 0.6 is 0 Å². The van der Waals surface area contributed by atoms with Crippen molar-refractivity contribution in [3.05, 3.63) is 64.0 Å². The molecule has 0 N–H and O–H groups in total. The Hall–Kier alpha value is -2.42. The van der Waals surface area contributed by atoms with E-state index in [2.05, 4.69) is 69.5 Å². The van der Waals surface area contributed by atoms with E-state index in [0.29, 0.717) is 5.92 Å². The zero-order valence-electron chi connectivity index (χ0n) is 17.3. The molecule has 27 heavy (non-hydrogen) atoms. The lowest BCUT2D eigenvalue weighted by molar-refractivity contribution is -0.108. The predicted octanol–water partition coefficient (Wildman–Crippen LogP) is 5.73. The van der Waals surface area contributed by atoms with Gasteiger partial charge in [-0.2, -0.15) is 0 Å². The van der Waals surface area contributed by atoms with Gasteiger partial charge in [-0.3, -0.25) is 0 Å². The number of aldehydes is 1. The van der Waals surface area contributed by atoms with Crippen molar-refractivity contribution in [1.82, 2.24) is 9.55 Å². The van der Waals surface area contributed by atoms with E-state index in [1.807, 2.05) is 7.05 Å². The minimum Gasteiger partial charge on any atom is -0.330 e. The molecular weight excluding hydrogens is 332 g/mol. The van der Waals surface area contributed by atoms with Crippen molar-refractivity contribution >= 4 is 17.3 Å². The molecule has 0 aliphatic carbocycles. The lowest BCUT2D eigenvalue weighted by Crippen LogP contribution is -2.13. The van der Waals surface area contributed by atoms with E-state index in [1.54, 1.807) is 0 Å². The van der Waals surface area contributed by atoms with E-state index >= 15 is 0 Å². The van der Waals surface area contributed by atoms with Gasteiger partial charge in [-0.25, -0.2) is 4.98 Å². The maximum atomic E-state index is 12.2. The maximum Gasteiger partial charge on any atom is 0.135 e. The molecule has 1 aromatic heterocycles. The number of carbonyl (C=O) groups excluding carboxylic acids is 1. The van der Waals surface area contributed by atoms with Gasteiger partial charge in [0, 0.05) is 7.05 Å². The summed E-state index contributed by atoms with van der Waals surface area (Å²) in [5, 5.41) is 0. The minimum absolute atomic E-state index is 0.349. The van der Waals surface area contributed by atoms with Crippen LogP contribution in [0.3, 0.4) is 0 Å². The van der Waals surface area contributed by atoms with Crippen LogP contribution in [-0.4, -0.2) is 15.8 Å². The number of aryl methyl sites for hydroxylation is 4. The number of imidazole rings is 1. The maximum absolute atomic E-state index is 12.2. The highest BCUT2D eigenvalue weighted by Crippen LogP contribution is 2.34. The Morgan fingerprint density at radius 2 is 1.70 bits per heavy atom. The molecule has 3 aromatic rings. The van der Waals surface area contributed by atoms with Gasteiger partial charge in [0.25, 0.3) is 0 Å². The van der Waals surface area contributed by atoms with Gasteiger partial charge in [0.2, 0.25) is 0 Å². The van der Waals surface area contributed by atoms with Crippen LogP contribution in [0, 0.1) is 20.8 Å². The van der Waals surface area contributed by atoms with Crippen LogP contribution < -0.4 is 0 Å². The molecule has 0 saturated carbocycles. The van der Waals surface area contributed by atoms with Crippen molar-refractivity contribution < 1.29 is 4.79 Å². The second-order valence-corrected chi connectivity index (χ2v) is 7.68. The summed E-state index contributed by atoms with van der Waals surface area (Å²) < 4.78 is 2.14. The van der Waals surface area contributed by atoms with Crippen molar-refractivity contribution in [2.24, 2.45) is 7.05 Å². The summed E-state index contributed by atoms with van der Waals surface area (Å²) in [5.74, 6) is 0.987. The fourth-order valence-corrected chi connectivity index (χ4v) is 4.59. The predicted molar refractivity (Wildman–Crippen MR) is 113 cm³/mol. The Morgan fingerprint density at radius 1 is 1.07 bits per heavy atom. The molecule has 0 amide bonds. The van der Waals surface area contributed by atoms with Crippen LogP contribution in [0.25, 0.3) is 11.0 Å². The van der Waals surface area contributed by atoms with E-state index in [9.17, 15) is 4.79 Å². The zero-order valence-corrected chi connectivity index (χ0v) is 17.3. The first-order valence-corrected chi connectivity index (χ1v) is 9.91. The van der Waals surface area contributed by atoms with Gasteiger partial charge in [-0.05, 0) is 67.9 Å². The number of rotatable bonds is 6. The van der Waals surface area contributed by atoms with Gasteiger partial charge >= 0.3 is 0 Å². The van der Waals surface area contributed by atoms with E-state index in [0.717, 1.165) is 52.7 Å². The van der Waals surface area contributed by atoms with Gasteiger partial charge < -0.3 is 9.36 Å². The highest BCUT2D eigenvalue weighted by atomic mass is 16.1. The molecule has 3 nitrogen and oxygen atoms in total. The normalized spacial score (nSPS) is 12.7. The lowest BCUT2D eigenvalue weighted by Gasteiger charge is -2.18. The summed E-state index contributed by atoms with van der Waals surface area (Å²) in [6, 6.07) is 10.7. The van der Waals surface area contributed by atoms with E-state index in [-0.39, 0.29) is 5.92 Å². The van der Waals surface area contributed by atoms with Crippen molar-refractivity contribution in [2.45, 2.75) is 59.3 Å². The smallest absolute Gasteiger partial charge is 0.135 e. The molecule has 0 aliphatic rings. The second kappa shape index (κ2) is 7.67. The Bertz CT molecular complexity index is 956. The molecule has 0 radical (unpaired) electrons. The minimum atomic E-state index is -0.349. The quantitative estimate of drug-likeness (QED) is 0.525. The number of aromatic nitrogens is 2. The highest BCUT2D eigenvalue weighted by molar-refractivity contribution is 5.82. The Balaban J connectivity index is 2.24. The summed E-state index contributed by atoms with van der Waals surface area (Å²) in [5.41, 5.74) is 8.08. The molecule has 1 unspecified atom stereocenters. The molecule has 2 aromatic carbocycles. The molecular formula is C24H30N2O. The second-order valence-electron chi connectivity index (χ2n) is 7.68. The number of para-hydroxylation sites is 1. The molecule has 3 heteroatoms. The standard InChI is InChI=1S/C24H30N2O/c1-7-18(8-2)19-10-9-11-21-23(19)26(6)24(25-21)20(14-27)22-16(4)12-15(3)13-17(22)5/h9-14,18,20H,7-8H2,1-6H3. The number of nitrogens with zero attached hydrogens (tertiary/aromatic N) is 2. The van der Waals surface area contributed by atoms with Gasteiger partial charge in [0.15, 0.2) is 0 Å². The molecule has 3 rings (SSSR count). The number of hydrogen-bond donors (Lipinski definition) is 0. The van der Waals surface area contributed by atoms with Crippen LogP contribution in [0.5, 0.6) is 0 Å². The van der Waals surface area contributed by atoms with Crippen LogP contribution in [0.2, 0.25) is 0 Å². The monoisotopic (exact) mass is 362 g/mol. The average molecular weight is 363 g/mol. The fraction of sp³-hybridized carbons (Fsp3) is 0.417. The Morgan fingerprint density at radius 3 is 2.26 bits per heavy atom. The fourth-order valence-electron chi connectivity index (χ4n) is 4.59. The largest absolute Gasteiger partial charge is 0.330 e. The third-order valence-corrected chi connectivity index (χ3v) is 5.85. The number of benzene rings is 2. The first kappa shape index (κ1) is 19.3. The zero-order chi connectivity index (χ0) is 19.7. The molecule has 142 valence electrons. The summed E-state index contributed by atoms with van der Waals surface area (Å²) in [6.45, 7) is 10.7. The number of hydrogen-bond acceptors (Lipinski definition) is 2. The van der Waals surface area contributed by atoms with Crippen LogP contribution in [0.15, 0.2) is 30.3 Å².